The van der Waals surface area contributed by atoms with E-state index in [4.69, 9.17) is 30.5 Å². The van der Waals surface area contributed by atoms with Gasteiger partial charge in [0.05, 0.1) is 38.3 Å². The first kappa shape index (κ1) is 32.9. The molecule has 4 aromatic rings. The van der Waals surface area contributed by atoms with Crippen molar-refractivity contribution in [2.75, 3.05) is 11.9 Å². The fourth-order valence-electron chi connectivity index (χ4n) is 4.95. The summed E-state index contributed by atoms with van der Waals surface area (Å²) in [5, 5.41) is 3.31. The number of carbonyl (C=O) groups is 2. The summed E-state index contributed by atoms with van der Waals surface area (Å²) in [7, 11) is 0. The van der Waals surface area contributed by atoms with Crippen LogP contribution < -0.4 is 5.32 Å². The van der Waals surface area contributed by atoms with Crippen molar-refractivity contribution in [1.82, 2.24) is 0 Å². The van der Waals surface area contributed by atoms with E-state index in [1.807, 2.05) is 91.0 Å². The number of rotatable bonds is 14. The van der Waals surface area contributed by atoms with Crippen LogP contribution in [0, 0.1) is 0 Å². The molecule has 8 heteroatoms. The molecule has 0 bridgehead atoms. The van der Waals surface area contributed by atoms with E-state index < -0.39 is 30.0 Å². The summed E-state index contributed by atoms with van der Waals surface area (Å²) < 4.78 is 25.4. The number of hydrogen-bond acceptors (Lipinski definition) is 6. The number of carbonyl (C=O) groups excluding carboxylic acids is 2. The van der Waals surface area contributed by atoms with Gasteiger partial charge in [-0.3, -0.25) is 9.59 Å². The fraction of sp³-hybridized carbons (Fsp3) is 0.211. The van der Waals surface area contributed by atoms with E-state index in [0.717, 1.165) is 16.7 Å². The molecular weight excluding hydrogens is 602 g/mol. The molecule has 236 valence electrons. The van der Waals surface area contributed by atoms with E-state index in [-0.39, 0.29) is 18.8 Å². The first-order chi connectivity index (χ1) is 22.5. The largest absolute Gasteiger partial charge is 0.492 e. The maximum absolute atomic E-state index is 13.3. The molecule has 0 spiro atoms. The molecule has 5 rings (SSSR count). The minimum atomic E-state index is -0.694. The number of benzene rings is 4. The van der Waals surface area contributed by atoms with Crippen LogP contribution in [-0.2, 0) is 48.4 Å². The zero-order chi connectivity index (χ0) is 32.1. The number of nitrogens with one attached hydrogen (secondary N) is 1. The lowest BCUT2D eigenvalue weighted by molar-refractivity contribution is -0.150. The molecule has 0 aromatic heterocycles. The summed E-state index contributed by atoms with van der Waals surface area (Å²) in [6.45, 7) is 2.54. The Morgan fingerprint density at radius 1 is 0.761 bits per heavy atom. The summed E-state index contributed by atoms with van der Waals surface area (Å²) in [4.78, 5) is 26.1. The molecule has 7 nitrogen and oxygen atoms in total. The first-order valence-corrected chi connectivity index (χ1v) is 15.4. The highest BCUT2D eigenvalue weighted by molar-refractivity contribution is 6.30. The van der Waals surface area contributed by atoms with Crippen molar-refractivity contribution in [3.8, 4) is 0 Å². The third kappa shape index (κ3) is 9.49. The van der Waals surface area contributed by atoms with Gasteiger partial charge in [-0.15, -0.1) is 0 Å². The van der Waals surface area contributed by atoms with E-state index in [2.05, 4.69) is 5.32 Å². The average molecular weight is 638 g/mol. The lowest BCUT2D eigenvalue weighted by Crippen LogP contribution is -2.48. The van der Waals surface area contributed by atoms with Gasteiger partial charge < -0.3 is 24.3 Å². The Balaban J connectivity index is 1.44. The van der Waals surface area contributed by atoms with Gasteiger partial charge in [-0.1, -0.05) is 103 Å². The maximum Gasteiger partial charge on any atom is 0.259 e. The fourth-order valence-corrected chi connectivity index (χ4v) is 5.08. The highest BCUT2D eigenvalue weighted by Gasteiger charge is 2.39. The summed E-state index contributed by atoms with van der Waals surface area (Å²) in [5.41, 5.74) is 3.92. The van der Waals surface area contributed by atoms with Gasteiger partial charge >= 0.3 is 0 Å². The minimum Gasteiger partial charge on any atom is -0.492 e. The van der Waals surface area contributed by atoms with Gasteiger partial charge in [0, 0.05) is 16.3 Å². The lowest BCUT2D eigenvalue weighted by atomic mass is 9.95. The van der Waals surface area contributed by atoms with E-state index in [1.165, 1.54) is 19.3 Å². The highest BCUT2D eigenvalue weighted by atomic mass is 35.5. The topological polar surface area (TPSA) is 83.1 Å². The first-order valence-electron chi connectivity index (χ1n) is 15.0. The molecule has 1 N–H and O–H groups in total. The van der Waals surface area contributed by atoms with E-state index >= 15 is 0 Å². The summed E-state index contributed by atoms with van der Waals surface area (Å²) in [5.74, 6) is -0.975. The zero-order valence-electron chi connectivity index (χ0n) is 25.5. The molecule has 1 aliphatic rings. The van der Waals surface area contributed by atoms with Crippen molar-refractivity contribution >= 4 is 29.0 Å². The van der Waals surface area contributed by atoms with Gasteiger partial charge in [-0.2, -0.15) is 0 Å². The second kappa shape index (κ2) is 16.7. The van der Waals surface area contributed by atoms with Crippen molar-refractivity contribution in [3.05, 3.63) is 160 Å². The van der Waals surface area contributed by atoms with Crippen LogP contribution in [0.3, 0.4) is 0 Å². The summed E-state index contributed by atoms with van der Waals surface area (Å²) >= 11 is 6.00. The standard InChI is InChI=1S/C38H36ClNO6/c1-27(41)34(38(42)40-33-19-17-32(39)18-20-33)21-31-25-44-35(26-43-22-28-11-5-2-6-12-28)37(46-24-30-15-9-4-10-16-30)36(31)45-23-29-13-7-3-8-14-29/h2-21,25,35-37H,22-24,26H2,1H3,(H,40,42)/b34-21+/t35-,36-,37-/m1/s1. The second-order valence-electron chi connectivity index (χ2n) is 10.8. The molecule has 3 atom stereocenters. The van der Waals surface area contributed by atoms with Crippen molar-refractivity contribution in [2.24, 2.45) is 0 Å². The van der Waals surface area contributed by atoms with Crippen molar-refractivity contribution in [3.63, 3.8) is 0 Å². The van der Waals surface area contributed by atoms with Crippen LogP contribution in [-0.4, -0.2) is 36.6 Å². The van der Waals surface area contributed by atoms with Gasteiger partial charge in [0.1, 0.15) is 18.3 Å². The van der Waals surface area contributed by atoms with Crippen LogP contribution in [0.1, 0.15) is 23.6 Å². The second-order valence-corrected chi connectivity index (χ2v) is 11.3. The number of Topliss-reactive ketones (excluding diaryl/α,β-unsaturated/α-hetero) is 1. The molecule has 0 unspecified atom stereocenters. The molecule has 1 aliphatic heterocycles. The molecule has 46 heavy (non-hydrogen) atoms. The summed E-state index contributed by atoms with van der Waals surface area (Å²) in [6, 6.07) is 36.1. The Morgan fingerprint density at radius 2 is 1.30 bits per heavy atom. The van der Waals surface area contributed by atoms with Crippen molar-refractivity contribution < 1.29 is 28.5 Å². The van der Waals surface area contributed by atoms with Gasteiger partial charge in [0.2, 0.25) is 0 Å². The van der Waals surface area contributed by atoms with Gasteiger partial charge in [0.25, 0.3) is 5.91 Å². The molecule has 0 fully saturated rings. The number of ketones is 1. The molecule has 1 amide bonds. The van der Waals surface area contributed by atoms with Crippen LogP contribution in [0.2, 0.25) is 5.02 Å². The molecule has 0 radical (unpaired) electrons. The third-order valence-electron chi connectivity index (χ3n) is 7.36. The predicted octanol–water partition coefficient (Wildman–Crippen LogP) is 7.46. The molecule has 0 saturated carbocycles. The minimum absolute atomic E-state index is 0.0568. The van der Waals surface area contributed by atoms with Crippen molar-refractivity contribution in [1.29, 1.82) is 0 Å². The Bertz CT molecular complexity index is 1620. The van der Waals surface area contributed by atoms with Gasteiger partial charge in [0.15, 0.2) is 5.78 Å². The average Bonchev–Trinajstić information content (AvgIpc) is 3.08. The van der Waals surface area contributed by atoms with E-state index in [9.17, 15) is 9.59 Å². The highest BCUT2D eigenvalue weighted by Crippen LogP contribution is 2.29. The van der Waals surface area contributed by atoms with Crippen LogP contribution in [0.5, 0.6) is 0 Å². The normalized spacial score (nSPS) is 17.9. The van der Waals surface area contributed by atoms with Crippen LogP contribution >= 0.6 is 11.6 Å². The quantitative estimate of drug-likeness (QED) is 0.0878. The SMILES string of the molecule is CC(=O)/C(=C\C1=CO[C@H](COCc2ccccc2)[C@@H](OCc2ccccc2)[C@@H]1OCc1ccccc1)C(=O)Nc1ccc(Cl)cc1. The number of ether oxygens (including phenoxy) is 4. The van der Waals surface area contributed by atoms with Gasteiger partial charge in [-0.25, -0.2) is 0 Å². The number of halogens is 1. The third-order valence-corrected chi connectivity index (χ3v) is 7.61. The number of hydrogen-bond donors (Lipinski definition) is 1. The van der Waals surface area contributed by atoms with Crippen LogP contribution in [0.25, 0.3) is 0 Å². The Labute approximate surface area is 274 Å². The molecule has 0 saturated heterocycles. The Morgan fingerprint density at radius 3 is 1.87 bits per heavy atom. The Hall–Kier alpha value is -4.53. The number of amides is 1. The van der Waals surface area contributed by atoms with Crippen LogP contribution in [0.4, 0.5) is 5.69 Å². The van der Waals surface area contributed by atoms with Crippen LogP contribution in [0.15, 0.2) is 139 Å². The van der Waals surface area contributed by atoms with Gasteiger partial charge in [-0.05, 0) is 54.0 Å². The monoisotopic (exact) mass is 637 g/mol. The lowest BCUT2D eigenvalue weighted by Gasteiger charge is -2.37. The van der Waals surface area contributed by atoms with Crippen molar-refractivity contribution in [2.45, 2.75) is 45.1 Å². The molecule has 0 aliphatic carbocycles. The molecule has 4 aromatic carbocycles. The molecular formula is C38H36ClNO6. The maximum atomic E-state index is 13.3. The smallest absolute Gasteiger partial charge is 0.259 e. The Kier molecular flexibility index (Phi) is 11.9. The van der Waals surface area contributed by atoms with E-state index in [0.29, 0.717) is 29.5 Å². The zero-order valence-corrected chi connectivity index (χ0v) is 26.3. The van der Waals surface area contributed by atoms with E-state index in [1.54, 1.807) is 24.3 Å². The predicted molar refractivity (Wildman–Crippen MR) is 178 cm³/mol. The molecule has 1 heterocycles. The summed E-state index contributed by atoms with van der Waals surface area (Å²) in [6.07, 6.45) is 1.19. The number of anilines is 1.